The van der Waals surface area contributed by atoms with Crippen LogP contribution < -0.4 is 10.6 Å². The number of ether oxygens (including phenoxy) is 1. The van der Waals surface area contributed by atoms with E-state index in [0.29, 0.717) is 34.8 Å². The molecule has 0 bridgehead atoms. The Labute approximate surface area is 182 Å². The van der Waals surface area contributed by atoms with Crippen molar-refractivity contribution < 1.29 is 28.2 Å². The summed E-state index contributed by atoms with van der Waals surface area (Å²) in [4.78, 5) is 15.9. The van der Waals surface area contributed by atoms with Crippen molar-refractivity contribution >= 4 is 49.7 Å². The average molecular weight is 464 g/mol. The number of rotatable bonds is 5. The molecule has 4 N–H and O–H groups in total. The van der Waals surface area contributed by atoms with E-state index in [2.05, 4.69) is 15.6 Å². The largest absolute Gasteiger partial charge is 0.508 e. The fraction of sp³-hybridized carbons (Fsp3) is 0.200. The third kappa shape index (κ3) is 4.28. The van der Waals surface area contributed by atoms with E-state index < -0.39 is 21.2 Å². The number of benzene rings is 2. The number of anilines is 2. The zero-order chi connectivity index (χ0) is 22.2. The smallest absolute Gasteiger partial charge is 0.337 e. The van der Waals surface area contributed by atoms with Crippen LogP contribution in [-0.2, 0) is 14.6 Å². The van der Waals surface area contributed by atoms with Crippen LogP contribution in [-0.4, -0.2) is 54.7 Å². The molecule has 0 radical (unpaired) electrons. The molecule has 11 heteroatoms. The van der Waals surface area contributed by atoms with Crippen molar-refractivity contribution in [2.24, 2.45) is 0 Å². The predicted octanol–water partition coefficient (Wildman–Crippen LogP) is 2.76. The van der Waals surface area contributed by atoms with E-state index in [-0.39, 0.29) is 28.6 Å². The van der Waals surface area contributed by atoms with Crippen molar-refractivity contribution in [1.29, 1.82) is 0 Å². The number of phenolic OH excluding ortho intramolecular Hbond substituents is 1. The highest BCUT2D eigenvalue weighted by Gasteiger charge is 2.31. The Bertz CT molecular complexity index is 1280. The summed E-state index contributed by atoms with van der Waals surface area (Å²) < 4.78 is 31.6. The topological polar surface area (TPSA) is 138 Å². The first kappa shape index (κ1) is 21.3. The zero-order valence-corrected chi connectivity index (χ0v) is 17.6. The van der Waals surface area contributed by atoms with Gasteiger partial charge in [-0.15, -0.1) is 0 Å². The Morgan fingerprint density at radius 3 is 2.71 bits per heavy atom. The lowest BCUT2D eigenvalue weighted by atomic mass is 10.1. The van der Waals surface area contributed by atoms with Crippen molar-refractivity contribution in [2.45, 2.75) is 10.4 Å². The number of hydrogen-bond acceptors (Lipinski definition) is 8. The van der Waals surface area contributed by atoms with E-state index in [0.717, 1.165) is 6.07 Å². The highest BCUT2D eigenvalue weighted by molar-refractivity contribution is 7.92. The van der Waals surface area contributed by atoms with Gasteiger partial charge in [0, 0.05) is 17.0 Å². The molecule has 2 heterocycles. The van der Waals surface area contributed by atoms with Gasteiger partial charge in [-0.05, 0) is 42.5 Å². The first-order valence-electron chi connectivity index (χ1n) is 9.24. The van der Waals surface area contributed by atoms with E-state index in [1.165, 1.54) is 18.2 Å². The van der Waals surface area contributed by atoms with Gasteiger partial charge in [-0.25, -0.2) is 18.2 Å². The SMILES string of the molecule is O=C(O)c1cc(O)ccc1Nc1cc(S(=O)(=O)C2COCCN2)nc2ccc(Cl)cc12. The van der Waals surface area contributed by atoms with Crippen LogP contribution in [0.4, 0.5) is 11.4 Å². The minimum atomic E-state index is -3.89. The molecular weight excluding hydrogens is 446 g/mol. The van der Waals surface area contributed by atoms with E-state index in [1.54, 1.807) is 18.2 Å². The zero-order valence-electron chi connectivity index (χ0n) is 16.0. The molecule has 1 atom stereocenters. The summed E-state index contributed by atoms with van der Waals surface area (Å²) in [7, 11) is -3.89. The molecule has 4 rings (SSSR count). The molecule has 9 nitrogen and oxygen atoms in total. The molecule has 0 saturated carbocycles. The predicted molar refractivity (Wildman–Crippen MR) is 115 cm³/mol. The minimum absolute atomic E-state index is 0.00739. The molecule has 1 saturated heterocycles. The van der Waals surface area contributed by atoms with Crippen LogP contribution >= 0.6 is 11.6 Å². The normalized spacial score (nSPS) is 16.9. The summed E-state index contributed by atoms with van der Waals surface area (Å²) in [5.41, 5.74) is 0.648. The Balaban J connectivity index is 1.86. The molecule has 2 aromatic carbocycles. The van der Waals surface area contributed by atoms with Crippen LogP contribution in [0.1, 0.15) is 10.4 Å². The monoisotopic (exact) mass is 463 g/mol. The number of morpholine rings is 1. The molecule has 1 aliphatic rings. The van der Waals surface area contributed by atoms with Crippen LogP contribution in [0.5, 0.6) is 5.75 Å². The van der Waals surface area contributed by atoms with Gasteiger partial charge in [0.15, 0.2) is 5.03 Å². The Hall–Kier alpha value is -2.92. The van der Waals surface area contributed by atoms with Crippen molar-refractivity contribution in [2.75, 3.05) is 25.1 Å². The number of nitrogens with one attached hydrogen (secondary N) is 2. The minimum Gasteiger partial charge on any atom is -0.508 e. The Morgan fingerprint density at radius 1 is 1.19 bits per heavy atom. The van der Waals surface area contributed by atoms with Crippen LogP contribution in [0.25, 0.3) is 10.9 Å². The van der Waals surface area contributed by atoms with E-state index >= 15 is 0 Å². The average Bonchev–Trinajstić information content (AvgIpc) is 2.75. The highest BCUT2D eigenvalue weighted by atomic mass is 35.5. The fourth-order valence-corrected chi connectivity index (χ4v) is 4.86. The van der Waals surface area contributed by atoms with Gasteiger partial charge in [-0.1, -0.05) is 11.6 Å². The molecule has 0 amide bonds. The Morgan fingerprint density at radius 2 is 2.00 bits per heavy atom. The molecule has 1 aromatic heterocycles. The van der Waals surface area contributed by atoms with Gasteiger partial charge < -0.3 is 20.3 Å². The molecule has 1 fully saturated rings. The summed E-state index contributed by atoms with van der Waals surface area (Å²) in [5.74, 6) is -1.47. The second-order valence-electron chi connectivity index (χ2n) is 6.89. The number of carboxylic acid groups (broad SMARTS) is 1. The van der Waals surface area contributed by atoms with Crippen LogP contribution in [0.15, 0.2) is 47.5 Å². The fourth-order valence-electron chi connectivity index (χ4n) is 3.27. The summed E-state index contributed by atoms with van der Waals surface area (Å²) in [6.45, 7) is 0.807. The van der Waals surface area contributed by atoms with Crippen LogP contribution in [0.3, 0.4) is 0 Å². The molecule has 1 unspecified atom stereocenters. The number of pyridine rings is 1. The van der Waals surface area contributed by atoms with E-state index in [9.17, 15) is 23.4 Å². The highest BCUT2D eigenvalue weighted by Crippen LogP contribution is 2.33. The Kier molecular flexibility index (Phi) is 5.71. The lowest BCUT2D eigenvalue weighted by molar-refractivity contribution is 0.0697. The quantitative estimate of drug-likeness (QED) is 0.420. The van der Waals surface area contributed by atoms with Gasteiger partial charge >= 0.3 is 5.97 Å². The summed E-state index contributed by atoms with van der Waals surface area (Å²) in [6.07, 6.45) is 0. The molecule has 3 aromatic rings. The van der Waals surface area contributed by atoms with Crippen molar-refractivity contribution in [3.63, 3.8) is 0 Å². The number of carbonyl (C=O) groups is 1. The standard InChI is InChI=1S/C20H18ClN3O6S/c21-11-1-3-15-13(7-11)17(23-16-4-2-12(25)8-14(16)20(26)27)9-18(24-15)31(28,29)19-10-30-6-5-22-19/h1-4,7-9,19,22,25H,5-6,10H2,(H,23,24)(H,26,27). The number of fused-ring (bicyclic) bond motifs is 1. The molecule has 0 aliphatic carbocycles. The maximum absolute atomic E-state index is 13.1. The molecule has 0 spiro atoms. The van der Waals surface area contributed by atoms with Crippen molar-refractivity contribution in [3.05, 3.63) is 53.1 Å². The number of nitrogens with zero attached hydrogens (tertiary/aromatic N) is 1. The summed E-state index contributed by atoms with van der Waals surface area (Å²) in [6, 6.07) is 9.92. The lowest BCUT2D eigenvalue weighted by Crippen LogP contribution is -2.46. The van der Waals surface area contributed by atoms with E-state index in [1.807, 2.05) is 0 Å². The number of carboxylic acids is 1. The van der Waals surface area contributed by atoms with Crippen molar-refractivity contribution in [3.8, 4) is 5.75 Å². The van der Waals surface area contributed by atoms with Gasteiger partial charge in [0.25, 0.3) is 0 Å². The van der Waals surface area contributed by atoms with Gasteiger partial charge in [0.05, 0.1) is 35.7 Å². The molecule has 162 valence electrons. The van der Waals surface area contributed by atoms with Gasteiger partial charge in [-0.2, -0.15) is 0 Å². The number of aromatic carboxylic acids is 1. The number of sulfone groups is 1. The second-order valence-corrected chi connectivity index (χ2v) is 9.41. The van der Waals surface area contributed by atoms with Gasteiger partial charge in [0.2, 0.25) is 9.84 Å². The number of hydrogen-bond donors (Lipinski definition) is 4. The number of phenols is 1. The lowest BCUT2D eigenvalue weighted by Gasteiger charge is -2.24. The number of aromatic nitrogens is 1. The molecule has 31 heavy (non-hydrogen) atoms. The maximum atomic E-state index is 13.1. The van der Waals surface area contributed by atoms with Crippen molar-refractivity contribution in [1.82, 2.24) is 10.3 Å². The van der Waals surface area contributed by atoms with Crippen LogP contribution in [0.2, 0.25) is 5.02 Å². The second kappa shape index (κ2) is 8.31. The summed E-state index contributed by atoms with van der Waals surface area (Å²) in [5, 5.41) is 24.8. The number of aromatic hydroxyl groups is 1. The third-order valence-electron chi connectivity index (χ3n) is 4.80. The first-order chi connectivity index (χ1) is 14.8. The van der Waals surface area contributed by atoms with Gasteiger partial charge in [-0.3, -0.25) is 5.32 Å². The molecule has 1 aliphatic heterocycles. The van der Waals surface area contributed by atoms with E-state index in [4.69, 9.17) is 16.3 Å². The first-order valence-corrected chi connectivity index (χ1v) is 11.2. The maximum Gasteiger partial charge on any atom is 0.337 e. The third-order valence-corrected chi connectivity index (χ3v) is 6.88. The summed E-state index contributed by atoms with van der Waals surface area (Å²) >= 11 is 6.12. The van der Waals surface area contributed by atoms with Crippen LogP contribution in [0, 0.1) is 0 Å². The molecular formula is C20H18ClN3O6S. The number of halogens is 1. The van der Waals surface area contributed by atoms with Gasteiger partial charge in [0.1, 0.15) is 11.1 Å².